The molecule has 0 aliphatic carbocycles. The van der Waals surface area contributed by atoms with Crippen LogP contribution in [-0.4, -0.2) is 0 Å². The highest BCUT2D eigenvalue weighted by molar-refractivity contribution is 5.56. The van der Waals surface area contributed by atoms with Gasteiger partial charge in [0.1, 0.15) is 0 Å². The standard InChI is InChI=1S/C12H6F12.C10H5F9.2C9H6F6.C8H7F3/c1-3-4(2)6(10(16,17)18)8(12(22,23)24)7(11(19,20)21)5(3)9(13,14)15;1-4-6(9(14,15)16)2-5(8(11,12)13)3-7(4)10(17,18)19;1-5-2-6(8(10,11)12)4-7(3-5)9(13,14)15;1-5-6(8(10,11)12)3-2-4-7(5)9(13,14)15;1-6-2-4-7(5-3-6)8(9,10)11/h1-2H3;2-3H,1H3;2*2-4H,1H3;2-5H,1H3/i1D3;;;;. The molecule has 84 heavy (non-hydrogen) atoms. The van der Waals surface area contributed by atoms with Crippen LogP contribution in [0.4, 0.5) is 158 Å². The van der Waals surface area contributed by atoms with Gasteiger partial charge in [-0.1, -0.05) is 23.8 Å². The highest BCUT2D eigenvalue weighted by atomic mass is 19.5. The number of rotatable bonds is 0. The third-order valence-electron chi connectivity index (χ3n) is 10.3. The molecule has 0 bridgehead atoms. The second kappa shape index (κ2) is 25.3. The highest BCUT2D eigenvalue weighted by Crippen LogP contribution is 2.54. The van der Waals surface area contributed by atoms with Gasteiger partial charge in [0.15, 0.2) is 0 Å². The molecule has 0 fully saturated rings. The van der Waals surface area contributed by atoms with Crippen LogP contribution in [0.1, 0.15) is 104 Å². The van der Waals surface area contributed by atoms with Gasteiger partial charge in [0, 0.05) is 4.11 Å². The molecule has 0 nitrogen and oxygen atoms in total. The first-order chi connectivity index (χ1) is 38.0. The molecule has 0 aliphatic heterocycles. The van der Waals surface area contributed by atoms with Gasteiger partial charge in [-0.3, -0.25) is 0 Å². The zero-order chi connectivity index (χ0) is 69.4. The number of hydrogen-bond acceptors (Lipinski definition) is 0. The molecule has 0 spiro atoms. The molecule has 0 saturated heterocycles. The van der Waals surface area contributed by atoms with Crippen molar-refractivity contribution in [2.75, 3.05) is 0 Å². The summed E-state index contributed by atoms with van der Waals surface area (Å²) < 4.78 is 472. The Hall–Kier alpha value is -6.42. The fourth-order valence-electron chi connectivity index (χ4n) is 6.65. The van der Waals surface area contributed by atoms with Crippen LogP contribution in [0.25, 0.3) is 0 Å². The number of benzene rings is 5. The van der Waals surface area contributed by atoms with Crippen LogP contribution in [0.3, 0.4) is 0 Å². The predicted octanol–water partition coefficient (Wildman–Crippen LogP) is 22.5. The van der Waals surface area contributed by atoms with Gasteiger partial charge in [-0.15, -0.1) is 0 Å². The van der Waals surface area contributed by atoms with E-state index in [1.165, 1.54) is 19.1 Å². The molecule has 0 unspecified atom stereocenters. The quantitative estimate of drug-likeness (QED) is 0.136. The lowest BCUT2D eigenvalue weighted by Gasteiger charge is -2.28. The average Bonchev–Trinajstić information content (AvgIpc) is 0.783. The van der Waals surface area contributed by atoms with Crippen molar-refractivity contribution in [3.05, 3.63) is 173 Å². The van der Waals surface area contributed by atoms with Gasteiger partial charge in [0.05, 0.1) is 66.8 Å². The molecule has 0 saturated carbocycles. The summed E-state index contributed by atoms with van der Waals surface area (Å²) in [5.74, 6) is 0. The minimum atomic E-state index is -6.59. The predicted molar refractivity (Wildman–Crippen MR) is 221 cm³/mol. The Kier molecular flexibility index (Phi) is 21.1. The van der Waals surface area contributed by atoms with Gasteiger partial charge in [0.25, 0.3) is 0 Å². The van der Waals surface area contributed by atoms with E-state index in [9.17, 15) is 158 Å². The van der Waals surface area contributed by atoms with Crippen molar-refractivity contribution in [1.82, 2.24) is 0 Å². The SMILES string of the molecule is Cc1c(C(F)(F)F)cc(C(F)(F)F)cc1C(F)(F)F.Cc1c(C(F)(F)F)cccc1C(F)(F)F.Cc1cc(C(F)(F)F)cc(C(F)(F)F)c1.Cc1ccc(C(F)(F)F)cc1.[2H]C([2H])([2H])c1c(C)c(C(F)(F)F)c(C(F)(F)F)c(C(F)(F)F)c1C(F)(F)F. The molecule has 0 aliphatic rings. The average molecular weight is 1290 g/mol. The molecule has 0 radical (unpaired) electrons. The smallest absolute Gasteiger partial charge is 0.166 e. The molecule has 0 atom stereocenters. The topological polar surface area (TPSA) is 0 Å². The molecule has 0 aromatic heterocycles. The van der Waals surface area contributed by atoms with Crippen molar-refractivity contribution < 1.29 is 162 Å². The lowest BCUT2D eigenvalue weighted by atomic mass is 9.86. The zero-order valence-corrected chi connectivity index (χ0v) is 41.0. The largest absolute Gasteiger partial charge is 0.417 e. The second-order valence-corrected chi connectivity index (χ2v) is 16.6. The minimum Gasteiger partial charge on any atom is -0.166 e. The van der Waals surface area contributed by atoms with Crippen LogP contribution < -0.4 is 0 Å². The van der Waals surface area contributed by atoms with E-state index in [1.54, 1.807) is 6.92 Å². The third-order valence-corrected chi connectivity index (χ3v) is 10.3. The van der Waals surface area contributed by atoms with Crippen LogP contribution in [0.5, 0.6) is 0 Å². The third kappa shape index (κ3) is 21.0. The highest BCUT2D eigenvalue weighted by Gasteiger charge is 2.56. The fourth-order valence-corrected chi connectivity index (χ4v) is 6.65. The van der Waals surface area contributed by atoms with Crippen LogP contribution in [0.15, 0.2) is 72.8 Å². The van der Waals surface area contributed by atoms with Crippen LogP contribution >= 0.6 is 0 Å². The molecule has 474 valence electrons. The van der Waals surface area contributed by atoms with Gasteiger partial charge in [-0.05, 0) is 124 Å². The maximum Gasteiger partial charge on any atom is 0.417 e. The molecule has 36 heteroatoms. The Morgan fingerprint density at radius 3 is 0.738 bits per heavy atom. The van der Waals surface area contributed by atoms with Crippen LogP contribution in [-0.2, 0) is 74.1 Å². The molecule has 0 heterocycles. The number of alkyl halides is 36. The van der Waals surface area contributed by atoms with E-state index in [0.29, 0.717) is 31.2 Å². The Morgan fingerprint density at radius 1 is 0.226 bits per heavy atom. The molecule has 0 N–H and O–H groups in total. The first-order valence-corrected chi connectivity index (χ1v) is 21.0. The maximum absolute atomic E-state index is 13.1. The zero-order valence-electron chi connectivity index (χ0n) is 44.0. The van der Waals surface area contributed by atoms with Crippen LogP contribution in [0, 0.1) is 41.5 Å². The summed E-state index contributed by atoms with van der Waals surface area (Å²) in [6.45, 7) is -0.0592. The number of aryl methyl sites for hydroxylation is 2. The van der Waals surface area contributed by atoms with Crippen molar-refractivity contribution in [2.24, 2.45) is 0 Å². The maximum atomic E-state index is 13.1. The lowest BCUT2D eigenvalue weighted by Crippen LogP contribution is -2.29. The van der Waals surface area contributed by atoms with Crippen molar-refractivity contribution in [1.29, 1.82) is 0 Å². The number of halogens is 36. The fraction of sp³-hybridized carbons (Fsp3) is 0.375. The summed E-state index contributed by atoms with van der Waals surface area (Å²) in [6, 6.07) is 7.86. The number of hydrogen-bond donors (Lipinski definition) is 0. The molecule has 5 rings (SSSR count). The van der Waals surface area contributed by atoms with Gasteiger partial charge >= 0.3 is 74.1 Å². The molecular formula is C48H30F36. The van der Waals surface area contributed by atoms with E-state index in [2.05, 4.69) is 0 Å². The summed E-state index contributed by atoms with van der Waals surface area (Å²) >= 11 is 0. The van der Waals surface area contributed by atoms with Crippen molar-refractivity contribution in [2.45, 2.75) is 116 Å². The van der Waals surface area contributed by atoms with Gasteiger partial charge in [-0.2, -0.15) is 158 Å². The van der Waals surface area contributed by atoms with E-state index in [4.69, 9.17) is 4.11 Å². The summed E-state index contributed by atoms with van der Waals surface area (Å²) in [7, 11) is 0. The Bertz CT molecular complexity index is 2970. The van der Waals surface area contributed by atoms with E-state index in [0.717, 1.165) is 30.7 Å². The van der Waals surface area contributed by atoms with E-state index < -0.39 is 170 Å². The van der Waals surface area contributed by atoms with Crippen molar-refractivity contribution in [3.8, 4) is 0 Å². The van der Waals surface area contributed by atoms with Crippen molar-refractivity contribution >= 4 is 0 Å². The Morgan fingerprint density at radius 2 is 0.488 bits per heavy atom. The molecule has 5 aromatic carbocycles. The summed E-state index contributed by atoms with van der Waals surface area (Å²) in [4.78, 5) is 0. The monoisotopic (exact) mass is 1290 g/mol. The van der Waals surface area contributed by atoms with E-state index >= 15 is 0 Å². The lowest BCUT2D eigenvalue weighted by molar-refractivity contribution is -0.183. The molecule has 5 aromatic rings. The van der Waals surface area contributed by atoms with Crippen molar-refractivity contribution in [3.63, 3.8) is 0 Å². The molecular weight excluding hydrogens is 1260 g/mol. The first kappa shape index (κ1) is 70.1. The summed E-state index contributed by atoms with van der Waals surface area (Å²) in [5.41, 5.74) is -31.3. The normalized spacial score (nSPS) is 14.0. The minimum absolute atomic E-state index is 0.0604. The second-order valence-electron chi connectivity index (χ2n) is 16.6. The van der Waals surface area contributed by atoms with Gasteiger partial charge in [0.2, 0.25) is 0 Å². The molecule has 0 amide bonds. The van der Waals surface area contributed by atoms with E-state index in [-0.39, 0.29) is 30.7 Å². The van der Waals surface area contributed by atoms with E-state index in [1.807, 2.05) is 0 Å². The van der Waals surface area contributed by atoms with Crippen LogP contribution in [0.2, 0.25) is 0 Å². The Labute approximate surface area is 450 Å². The Balaban J connectivity index is 0.000000562. The first-order valence-electron chi connectivity index (χ1n) is 22.5. The summed E-state index contributed by atoms with van der Waals surface area (Å²) in [6.07, 6.45) is -64.8. The van der Waals surface area contributed by atoms with Gasteiger partial charge in [-0.25, -0.2) is 0 Å². The van der Waals surface area contributed by atoms with Gasteiger partial charge < -0.3 is 0 Å². The summed E-state index contributed by atoms with van der Waals surface area (Å²) in [5, 5.41) is 0.